The van der Waals surface area contributed by atoms with Gasteiger partial charge in [0.2, 0.25) is 0 Å². The number of H-pyrrole nitrogens is 1. The zero-order chi connectivity index (χ0) is 17.4. The molecule has 0 atom stereocenters. The summed E-state index contributed by atoms with van der Waals surface area (Å²) in [5.41, 5.74) is 3.40. The lowest BCUT2D eigenvalue weighted by atomic mass is 10.1. The summed E-state index contributed by atoms with van der Waals surface area (Å²) in [5.74, 6) is 0.216. The summed E-state index contributed by atoms with van der Waals surface area (Å²) in [5, 5.41) is 9.74. The van der Waals surface area contributed by atoms with Gasteiger partial charge in [-0.1, -0.05) is 17.7 Å². The lowest BCUT2D eigenvalue weighted by Gasteiger charge is -2.16. The van der Waals surface area contributed by atoms with E-state index in [1.165, 1.54) is 6.26 Å². The Morgan fingerprint density at radius 3 is 2.72 bits per heavy atom. The molecule has 1 aromatic carbocycles. The van der Waals surface area contributed by atoms with Crippen LogP contribution < -0.4 is 5.32 Å². The number of aromatic nitrogens is 2. The van der Waals surface area contributed by atoms with Crippen molar-refractivity contribution in [2.75, 3.05) is 5.32 Å². The highest BCUT2D eigenvalue weighted by molar-refractivity contribution is 6.02. The van der Waals surface area contributed by atoms with Crippen LogP contribution in [0, 0.1) is 6.92 Å². The first-order valence-corrected chi connectivity index (χ1v) is 7.89. The van der Waals surface area contributed by atoms with Crippen molar-refractivity contribution in [2.45, 2.75) is 20.0 Å². The Morgan fingerprint density at radius 1 is 1.20 bits per heavy atom. The molecule has 2 amide bonds. The van der Waals surface area contributed by atoms with Crippen molar-refractivity contribution in [1.29, 1.82) is 0 Å². The average molecular weight is 336 g/mol. The molecule has 0 bridgehead atoms. The van der Waals surface area contributed by atoms with Crippen LogP contribution in [0.2, 0.25) is 0 Å². The third-order valence-corrected chi connectivity index (χ3v) is 4.21. The molecule has 4 rings (SSSR count). The fourth-order valence-corrected chi connectivity index (χ4v) is 2.84. The Labute approximate surface area is 143 Å². The van der Waals surface area contributed by atoms with E-state index in [0.717, 1.165) is 16.8 Å². The standard InChI is InChI=1S/C18H16N4O3/c1-11-4-6-12(7-5-11)18(24)22-9-13-14(10-22)20-21-16(13)19-17(23)15-3-2-8-25-15/h2-8H,9-10H2,1H3,(H2,19,20,21,23). The monoisotopic (exact) mass is 336 g/mol. The molecule has 3 heterocycles. The van der Waals surface area contributed by atoms with Crippen LogP contribution in [0.5, 0.6) is 0 Å². The second-order valence-corrected chi connectivity index (χ2v) is 5.99. The Kier molecular flexibility index (Phi) is 3.61. The average Bonchev–Trinajstić information content (AvgIpc) is 3.33. The number of carbonyl (C=O) groups is 2. The number of rotatable bonds is 3. The van der Waals surface area contributed by atoms with Gasteiger partial charge in [-0.2, -0.15) is 5.10 Å². The van der Waals surface area contributed by atoms with E-state index in [4.69, 9.17) is 4.42 Å². The highest BCUT2D eigenvalue weighted by Gasteiger charge is 2.29. The smallest absolute Gasteiger partial charge is 0.292 e. The third-order valence-electron chi connectivity index (χ3n) is 4.21. The first kappa shape index (κ1) is 15.2. The van der Waals surface area contributed by atoms with Crippen LogP contribution >= 0.6 is 0 Å². The van der Waals surface area contributed by atoms with E-state index in [9.17, 15) is 9.59 Å². The van der Waals surface area contributed by atoms with Gasteiger partial charge >= 0.3 is 0 Å². The highest BCUT2D eigenvalue weighted by Crippen LogP contribution is 2.28. The summed E-state index contributed by atoms with van der Waals surface area (Å²) in [6.45, 7) is 2.81. The van der Waals surface area contributed by atoms with E-state index in [1.807, 2.05) is 31.2 Å². The van der Waals surface area contributed by atoms with Gasteiger partial charge in [-0.05, 0) is 31.2 Å². The van der Waals surface area contributed by atoms with Crippen molar-refractivity contribution in [3.63, 3.8) is 0 Å². The SMILES string of the molecule is Cc1ccc(C(=O)N2Cc3[nH]nc(NC(=O)c4ccco4)c3C2)cc1. The minimum atomic E-state index is -0.373. The normalized spacial score (nSPS) is 12.9. The Balaban J connectivity index is 1.50. The number of hydrogen-bond donors (Lipinski definition) is 2. The second-order valence-electron chi connectivity index (χ2n) is 5.99. The van der Waals surface area contributed by atoms with E-state index in [1.54, 1.807) is 17.0 Å². The van der Waals surface area contributed by atoms with Crippen molar-refractivity contribution in [3.8, 4) is 0 Å². The van der Waals surface area contributed by atoms with Crippen molar-refractivity contribution >= 4 is 17.6 Å². The quantitative estimate of drug-likeness (QED) is 0.769. The van der Waals surface area contributed by atoms with Crippen LogP contribution in [0.15, 0.2) is 47.1 Å². The van der Waals surface area contributed by atoms with E-state index in [2.05, 4.69) is 15.5 Å². The maximum Gasteiger partial charge on any atom is 0.292 e. The number of aromatic amines is 1. The summed E-state index contributed by atoms with van der Waals surface area (Å²) in [4.78, 5) is 26.5. The molecule has 2 N–H and O–H groups in total. The van der Waals surface area contributed by atoms with Crippen LogP contribution in [-0.2, 0) is 13.1 Å². The lowest BCUT2D eigenvalue weighted by Crippen LogP contribution is -2.26. The topological polar surface area (TPSA) is 91.2 Å². The molecule has 0 fully saturated rings. The maximum atomic E-state index is 12.6. The zero-order valence-electron chi connectivity index (χ0n) is 13.6. The molecule has 0 spiro atoms. The van der Waals surface area contributed by atoms with Crippen LogP contribution in [0.1, 0.15) is 37.7 Å². The molecule has 0 unspecified atom stereocenters. The van der Waals surface area contributed by atoms with Crippen LogP contribution in [0.3, 0.4) is 0 Å². The number of aryl methyl sites for hydroxylation is 1. The highest BCUT2D eigenvalue weighted by atomic mass is 16.3. The molecule has 0 aliphatic carbocycles. The third kappa shape index (κ3) is 2.80. The summed E-state index contributed by atoms with van der Waals surface area (Å²) >= 11 is 0. The molecule has 1 aliphatic heterocycles. The molecule has 1 aliphatic rings. The Bertz CT molecular complexity index is 926. The Morgan fingerprint density at radius 2 is 2.00 bits per heavy atom. The maximum absolute atomic E-state index is 12.6. The van der Waals surface area contributed by atoms with Crippen molar-refractivity contribution in [3.05, 3.63) is 70.8 Å². The van der Waals surface area contributed by atoms with Gasteiger partial charge in [-0.25, -0.2) is 0 Å². The summed E-state index contributed by atoms with van der Waals surface area (Å²) in [7, 11) is 0. The molecule has 7 heteroatoms. The van der Waals surface area contributed by atoms with Crippen molar-refractivity contribution in [1.82, 2.24) is 15.1 Å². The first-order valence-electron chi connectivity index (χ1n) is 7.89. The summed E-state index contributed by atoms with van der Waals surface area (Å²) in [6, 6.07) is 10.7. The van der Waals surface area contributed by atoms with E-state index < -0.39 is 0 Å². The van der Waals surface area contributed by atoms with Gasteiger partial charge in [0.1, 0.15) is 0 Å². The largest absolute Gasteiger partial charge is 0.459 e. The van der Waals surface area contributed by atoms with Crippen molar-refractivity contribution < 1.29 is 14.0 Å². The predicted octanol–water partition coefficient (Wildman–Crippen LogP) is 2.72. The number of nitrogens with one attached hydrogen (secondary N) is 2. The predicted molar refractivity (Wildman–Crippen MR) is 90.0 cm³/mol. The second kappa shape index (κ2) is 5.94. The number of carbonyl (C=O) groups excluding carboxylic acids is 2. The number of amides is 2. The van der Waals surface area contributed by atoms with Gasteiger partial charge in [0.15, 0.2) is 11.6 Å². The fraction of sp³-hybridized carbons (Fsp3) is 0.167. The van der Waals surface area contributed by atoms with Crippen molar-refractivity contribution in [2.24, 2.45) is 0 Å². The molecule has 7 nitrogen and oxygen atoms in total. The van der Waals surface area contributed by atoms with Gasteiger partial charge in [0.05, 0.1) is 25.0 Å². The molecule has 25 heavy (non-hydrogen) atoms. The van der Waals surface area contributed by atoms with E-state index >= 15 is 0 Å². The number of furan rings is 1. The number of anilines is 1. The lowest BCUT2D eigenvalue weighted by molar-refractivity contribution is 0.0749. The molecule has 0 saturated carbocycles. The number of fused-ring (bicyclic) bond motifs is 1. The van der Waals surface area contributed by atoms with Crippen LogP contribution in [0.4, 0.5) is 5.82 Å². The number of nitrogens with zero attached hydrogens (tertiary/aromatic N) is 2. The fourth-order valence-electron chi connectivity index (χ4n) is 2.84. The molecular formula is C18H16N4O3. The van der Waals surface area contributed by atoms with Crippen LogP contribution in [-0.4, -0.2) is 26.9 Å². The van der Waals surface area contributed by atoms with Gasteiger partial charge < -0.3 is 14.6 Å². The summed E-state index contributed by atoms with van der Waals surface area (Å²) in [6.07, 6.45) is 1.44. The molecule has 126 valence electrons. The zero-order valence-corrected chi connectivity index (χ0v) is 13.6. The van der Waals surface area contributed by atoms with Gasteiger partial charge in [-0.15, -0.1) is 0 Å². The van der Waals surface area contributed by atoms with E-state index in [-0.39, 0.29) is 17.6 Å². The molecule has 2 aromatic heterocycles. The van der Waals surface area contributed by atoms with E-state index in [0.29, 0.717) is 24.5 Å². The number of hydrogen-bond acceptors (Lipinski definition) is 4. The first-order chi connectivity index (χ1) is 12.1. The van der Waals surface area contributed by atoms with Gasteiger partial charge in [0.25, 0.3) is 11.8 Å². The molecular weight excluding hydrogens is 320 g/mol. The Hall–Kier alpha value is -3.35. The minimum Gasteiger partial charge on any atom is -0.459 e. The molecule has 0 saturated heterocycles. The minimum absolute atomic E-state index is 0.0482. The molecule has 3 aromatic rings. The summed E-state index contributed by atoms with van der Waals surface area (Å²) < 4.78 is 5.08. The van der Waals surface area contributed by atoms with Crippen LogP contribution in [0.25, 0.3) is 0 Å². The number of benzene rings is 1. The van der Waals surface area contributed by atoms with Gasteiger partial charge in [-0.3, -0.25) is 14.7 Å². The van der Waals surface area contributed by atoms with Gasteiger partial charge in [0, 0.05) is 11.1 Å². The molecule has 0 radical (unpaired) electrons.